The Balaban J connectivity index is 2.45. The van der Waals surface area contributed by atoms with Crippen molar-refractivity contribution < 1.29 is 0 Å². The average molecular weight is 272 g/mol. The Morgan fingerprint density at radius 3 is 2.62 bits per heavy atom. The van der Waals surface area contributed by atoms with Crippen molar-refractivity contribution in [3.05, 3.63) is 46.2 Å². The van der Waals surface area contributed by atoms with E-state index in [9.17, 15) is 0 Å². The van der Waals surface area contributed by atoms with E-state index in [0.29, 0.717) is 15.6 Å². The third kappa shape index (κ3) is 2.19. The molecule has 2 aromatic rings. The molecule has 1 aromatic heterocycles. The van der Waals surface area contributed by atoms with Gasteiger partial charge in [0.25, 0.3) is 0 Å². The second-order valence-electron chi connectivity index (χ2n) is 3.13. The molecule has 0 aliphatic carbocycles. The Bertz CT molecular complexity index is 551. The summed E-state index contributed by atoms with van der Waals surface area (Å²) in [5.74, 6) is 0. The summed E-state index contributed by atoms with van der Waals surface area (Å²) in [5, 5.41) is 5.12. The predicted molar refractivity (Wildman–Crippen MR) is 69.5 cm³/mol. The number of aromatic nitrogens is 2. The molecular formula is C10H7Cl2N3S. The van der Waals surface area contributed by atoms with E-state index in [1.807, 2.05) is 6.07 Å². The van der Waals surface area contributed by atoms with Crippen LogP contribution < -0.4 is 5.73 Å². The van der Waals surface area contributed by atoms with Gasteiger partial charge in [-0.25, -0.2) is 4.68 Å². The van der Waals surface area contributed by atoms with Crippen LogP contribution in [-0.2, 0) is 0 Å². The molecule has 16 heavy (non-hydrogen) atoms. The summed E-state index contributed by atoms with van der Waals surface area (Å²) >= 11 is 16.7. The van der Waals surface area contributed by atoms with Gasteiger partial charge in [-0.05, 0) is 18.2 Å². The van der Waals surface area contributed by atoms with E-state index in [1.165, 1.54) is 0 Å². The largest absolute Gasteiger partial charge is 0.389 e. The molecule has 0 aliphatic heterocycles. The minimum Gasteiger partial charge on any atom is -0.389 e. The van der Waals surface area contributed by atoms with Crippen molar-refractivity contribution in [1.82, 2.24) is 9.78 Å². The Kier molecular flexibility index (Phi) is 3.14. The molecule has 6 heteroatoms. The van der Waals surface area contributed by atoms with Gasteiger partial charge in [-0.1, -0.05) is 35.4 Å². The minimum absolute atomic E-state index is 0.273. The quantitative estimate of drug-likeness (QED) is 0.855. The zero-order valence-electron chi connectivity index (χ0n) is 8.02. The minimum atomic E-state index is 0.273. The first-order chi connectivity index (χ1) is 7.58. The van der Waals surface area contributed by atoms with Crippen LogP contribution in [-0.4, -0.2) is 14.8 Å². The van der Waals surface area contributed by atoms with Gasteiger partial charge < -0.3 is 5.73 Å². The van der Waals surface area contributed by atoms with E-state index in [1.54, 1.807) is 29.2 Å². The number of rotatable bonds is 2. The molecule has 1 heterocycles. The lowest BCUT2D eigenvalue weighted by molar-refractivity contribution is 0.880. The van der Waals surface area contributed by atoms with Crippen molar-refractivity contribution in [2.45, 2.75) is 0 Å². The second-order valence-corrected chi connectivity index (χ2v) is 4.41. The number of hydrogen-bond acceptors (Lipinski definition) is 2. The Hall–Kier alpha value is -1.10. The molecule has 2 N–H and O–H groups in total. The van der Waals surface area contributed by atoms with E-state index >= 15 is 0 Å². The topological polar surface area (TPSA) is 43.8 Å². The maximum absolute atomic E-state index is 6.04. The highest BCUT2D eigenvalue weighted by atomic mass is 35.5. The number of benzene rings is 1. The SMILES string of the molecule is NC(=S)c1ccc(-n2cc(Cl)cn2)cc1Cl. The molecule has 0 saturated carbocycles. The van der Waals surface area contributed by atoms with Gasteiger partial charge in [0, 0.05) is 11.8 Å². The first-order valence-corrected chi connectivity index (χ1v) is 5.54. The molecule has 1 aromatic carbocycles. The number of halogens is 2. The molecule has 0 saturated heterocycles. The second kappa shape index (κ2) is 4.41. The molecule has 82 valence electrons. The number of nitrogens with two attached hydrogens (primary N) is 1. The van der Waals surface area contributed by atoms with Gasteiger partial charge in [0.15, 0.2) is 0 Å². The van der Waals surface area contributed by atoms with E-state index in [2.05, 4.69) is 5.10 Å². The zero-order valence-corrected chi connectivity index (χ0v) is 10.4. The van der Waals surface area contributed by atoms with Gasteiger partial charge in [-0.3, -0.25) is 0 Å². The average Bonchev–Trinajstić information content (AvgIpc) is 2.64. The van der Waals surface area contributed by atoms with Crippen molar-refractivity contribution in [1.29, 1.82) is 0 Å². The first kappa shape index (κ1) is 11.4. The summed E-state index contributed by atoms with van der Waals surface area (Å²) in [5.41, 5.74) is 6.97. The molecule has 2 rings (SSSR count). The number of thiocarbonyl (C=S) groups is 1. The Labute approximate surface area is 108 Å². The lowest BCUT2D eigenvalue weighted by atomic mass is 10.2. The van der Waals surface area contributed by atoms with E-state index in [-0.39, 0.29) is 4.99 Å². The molecule has 0 bridgehead atoms. The van der Waals surface area contributed by atoms with Crippen molar-refractivity contribution in [2.24, 2.45) is 5.73 Å². The molecule has 0 radical (unpaired) electrons. The number of nitrogens with zero attached hydrogens (tertiary/aromatic N) is 2. The molecule has 0 amide bonds. The maximum Gasteiger partial charge on any atom is 0.105 e. The van der Waals surface area contributed by atoms with Crippen LogP contribution in [0.1, 0.15) is 5.56 Å². The molecular weight excluding hydrogens is 265 g/mol. The molecule has 0 aliphatic rings. The molecule has 0 unspecified atom stereocenters. The fourth-order valence-electron chi connectivity index (χ4n) is 1.29. The van der Waals surface area contributed by atoms with Crippen LogP contribution in [0.5, 0.6) is 0 Å². The van der Waals surface area contributed by atoms with E-state index in [0.717, 1.165) is 5.69 Å². The molecule has 0 fully saturated rings. The van der Waals surface area contributed by atoms with Crippen LogP contribution in [0.25, 0.3) is 5.69 Å². The standard InChI is InChI=1S/C10H7Cl2N3S/c11-6-4-14-15(5-6)7-1-2-8(10(13)16)9(12)3-7/h1-5H,(H2,13,16). The van der Waals surface area contributed by atoms with Crippen LogP contribution in [0.15, 0.2) is 30.6 Å². The first-order valence-electron chi connectivity index (χ1n) is 4.38. The molecule has 0 spiro atoms. The van der Waals surface area contributed by atoms with Crippen LogP contribution in [0, 0.1) is 0 Å². The van der Waals surface area contributed by atoms with Crippen LogP contribution >= 0.6 is 35.4 Å². The van der Waals surface area contributed by atoms with Crippen LogP contribution in [0.2, 0.25) is 10.0 Å². The highest BCUT2D eigenvalue weighted by molar-refractivity contribution is 7.80. The van der Waals surface area contributed by atoms with Gasteiger partial charge >= 0.3 is 0 Å². The summed E-state index contributed by atoms with van der Waals surface area (Å²) in [6, 6.07) is 5.32. The smallest absolute Gasteiger partial charge is 0.105 e. The summed E-state index contributed by atoms with van der Waals surface area (Å²) in [6.07, 6.45) is 3.24. The van der Waals surface area contributed by atoms with Crippen molar-refractivity contribution in [3.8, 4) is 5.69 Å². The van der Waals surface area contributed by atoms with E-state index in [4.69, 9.17) is 41.2 Å². The highest BCUT2D eigenvalue weighted by Gasteiger charge is 2.06. The summed E-state index contributed by atoms with van der Waals surface area (Å²) in [6.45, 7) is 0. The fraction of sp³-hybridized carbons (Fsp3) is 0. The van der Waals surface area contributed by atoms with Gasteiger partial charge in [-0.2, -0.15) is 5.10 Å². The molecule has 3 nitrogen and oxygen atoms in total. The van der Waals surface area contributed by atoms with Crippen molar-refractivity contribution in [3.63, 3.8) is 0 Å². The highest BCUT2D eigenvalue weighted by Crippen LogP contribution is 2.20. The zero-order chi connectivity index (χ0) is 11.7. The lowest BCUT2D eigenvalue weighted by Gasteiger charge is -2.05. The van der Waals surface area contributed by atoms with Gasteiger partial charge in [0.05, 0.1) is 21.9 Å². The monoisotopic (exact) mass is 271 g/mol. The van der Waals surface area contributed by atoms with Gasteiger partial charge in [0.2, 0.25) is 0 Å². The fourth-order valence-corrected chi connectivity index (χ4v) is 1.94. The van der Waals surface area contributed by atoms with Gasteiger partial charge in [-0.15, -0.1) is 0 Å². The number of hydrogen-bond donors (Lipinski definition) is 1. The van der Waals surface area contributed by atoms with E-state index < -0.39 is 0 Å². The summed E-state index contributed by atoms with van der Waals surface area (Å²) in [7, 11) is 0. The third-order valence-corrected chi connectivity index (χ3v) is 2.76. The molecule has 0 atom stereocenters. The Morgan fingerprint density at radius 2 is 2.12 bits per heavy atom. The predicted octanol–water partition coefficient (Wildman–Crippen LogP) is 2.81. The van der Waals surface area contributed by atoms with Gasteiger partial charge in [0.1, 0.15) is 4.99 Å². The van der Waals surface area contributed by atoms with Crippen molar-refractivity contribution in [2.75, 3.05) is 0 Å². The maximum atomic E-state index is 6.04. The summed E-state index contributed by atoms with van der Waals surface area (Å²) in [4.78, 5) is 0.273. The van der Waals surface area contributed by atoms with Crippen LogP contribution in [0.4, 0.5) is 0 Å². The third-order valence-electron chi connectivity index (χ3n) is 2.03. The Morgan fingerprint density at radius 1 is 1.38 bits per heavy atom. The normalized spacial score (nSPS) is 10.4. The van der Waals surface area contributed by atoms with Crippen molar-refractivity contribution >= 4 is 40.4 Å². The summed E-state index contributed by atoms with van der Waals surface area (Å²) < 4.78 is 1.62. The van der Waals surface area contributed by atoms with Crippen LogP contribution in [0.3, 0.4) is 0 Å². The lowest BCUT2D eigenvalue weighted by Crippen LogP contribution is -2.10.